The molecule has 8 nitrogen and oxygen atoms in total. The highest BCUT2D eigenvalue weighted by atomic mass is 19.4. The number of amidine groups is 1. The summed E-state index contributed by atoms with van der Waals surface area (Å²) in [6.45, 7) is 0.844. The molecule has 0 bridgehead atoms. The third kappa shape index (κ3) is 4.23. The number of nitrogens with zero attached hydrogens (tertiary/aromatic N) is 4. The molecule has 13 heteroatoms. The molecule has 3 atom stereocenters. The molecule has 2 aromatic rings. The Bertz CT molecular complexity index is 1080. The van der Waals surface area contributed by atoms with E-state index in [-0.39, 0.29) is 17.1 Å². The second kappa shape index (κ2) is 7.78. The maximum absolute atomic E-state index is 14.8. The third-order valence-corrected chi connectivity index (χ3v) is 4.40. The first-order valence-electron chi connectivity index (χ1n) is 8.53. The van der Waals surface area contributed by atoms with E-state index in [2.05, 4.69) is 20.3 Å². The van der Waals surface area contributed by atoms with Crippen LogP contribution < -0.4 is 11.1 Å². The third-order valence-electron chi connectivity index (χ3n) is 4.40. The van der Waals surface area contributed by atoms with Crippen molar-refractivity contribution >= 4 is 17.7 Å². The number of nitrogens with one attached hydrogen (secondary N) is 1. The minimum atomic E-state index is -5.11. The molecule has 3 rings (SSSR count). The van der Waals surface area contributed by atoms with E-state index in [9.17, 15) is 26.7 Å². The molecule has 0 aliphatic carbocycles. The molecule has 31 heavy (non-hydrogen) atoms. The fourth-order valence-electron chi connectivity index (χ4n) is 2.86. The zero-order chi connectivity index (χ0) is 23.0. The van der Waals surface area contributed by atoms with Gasteiger partial charge in [0.2, 0.25) is 0 Å². The molecule has 0 spiro atoms. The Morgan fingerprint density at radius 3 is 2.61 bits per heavy atom. The van der Waals surface area contributed by atoms with Gasteiger partial charge in [-0.15, -0.1) is 0 Å². The molecule has 3 N–H and O–H groups in total. The number of amides is 1. The van der Waals surface area contributed by atoms with Crippen LogP contribution in [-0.2, 0) is 10.3 Å². The van der Waals surface area contributed by atoms with Crippen molar-refractivity contribution < 1.29 is 31.5 Å². The molecule has 3 heterocycles. The zero-order valence-corrected chi connectivity index (χ0v) is 15.6. The van der Waals surface area contributed by atoms with Gasteiger partial charge >= 0.3 is 6.18 Å². The van der Waals surface area contributed by atoms with Gasteiger partial charge in [-0.25, -0.2) is 23.7 Å². The Labute approximate surface area is 171 Å². The maximum Gasteiger partial charge on any atom is 0.413 e. The number of anilines is 1. The number of nitrogens with two attached hydrogens (primary N) is 1. The van der Waals surface area contributed by atoms with Gasteiger partial charge in [0.25, 0.3) is 11.9 Å². The van der Waals surface area contributed by atoms with Gasteiger partial charge in [0, 0.05) is 6.20 Å². The number of nitriles is 1. The number of rotatable bonds is 3. The molecule has 1 aliphatic heterocycles. The van der Waals surface area contributed by atoms with Crippen LogP contribution in [0.2, 0.25) is 0 Å². The quantitative estimate of drug-likeness (QED) is 0.707. The summed E-state index contributed by atoms with van der Waals surface area (Å²) in [5.74, 6) is -2.31. The lowest BCUT2D eigenvalue weighted by Gasteiger charge is -2.39. The first-order valence-corrected chi connectivity index (χ1v) is 8.53. The van der Waals surface area contributed by atoms with E-state index in [4.69, 9.17) is 15.7 Å². The fraction of sp³-hybridized carbons (Fsp3) is 0.278. The molecule has 0 radical (unpaired) electrons. The molecule has 2 aromatic heterocycles. The Hall–Kier alpha value is -3.82. The van der Waals surface area contributed by atoms with E-state index < -0.39 is 47.4 Å². The Balaban J connectivity index is 1.94. The minimum Gasteiger partial charge on any atom is -0.449 e. The summed E-state index contributed by atoms with van der Waals surface area (Å²) in [5.41, 5.74) is 1.93. The lowest BCUT2D eigenvalue weighted by molar-refractivity contribution is -0.188. The maximum atomic E-state index is 14.8. The number of hydrogen-bond acceptors (Lipinski definition) is 7. The molecule has 1 amide bonds. The van der Waals surface area contributed by atoms with Crippen LogP contribution in [0.5, 0.6) is 0 Å². The molecule has 162 valence electrons. The van der Waals surface area contributed by atoms with Crippen LogP contribution in [0, 0.1) is 17.1 Å². The van der Waals surface area contributed by atoms with E-state index in [0.29, 0.717) is 0 Å². The standard InChI is InChI=1S/C18H13F5N6O2/c1-17(12(20)14(18(21,22)23)29-16(25)31-17)13-9(19)3-5-11(27-13)28-15(30)10-4-2-8(6-24)7-26-10/h2-5,7,12,14H,1H3,(H2,25,29)(H,27,28,30)/t12-,14-,17+/m1/s1. The van der Waals surface area contributed by atoms with Gasteiger partial charge in [0.15, 0.2) is 17.8 Å². The van der Waals surface area contributed by atoms with E-state index in [1.54, 1.807) is 0 Å². The van der Waals surface area contributed by atoms with Crippen molar-refractivity contribution in [3.05, 3.63) is 53.2 Å². The summed E-state index contributed by atoms with van der Waals surface area (Å²) in [4.78, 5) is 22.7. The van der Waals surface area contributed by atoms with Crippen molar-refractivity contribution in [1.29, 1.82) is 5.26 Å². The molecular weight excluding hydrogens is 427 g/mol. The van der Waals surface area contributed by atoms with E-state index >= 15 is 0 Å². The minimum absolute atomic E-state index is 0.122. The summed E-state index contributed by atoms with van der Waals surface area (Å²) in [7, 11) is 0. The van der Waals surface area contributed by atoms with Gasteiger partial charge in [0.1, 0.15) is 29.1 Å². The summed E-state index contributed by atoms with van der Waals surface area (Å²) in [6.07, 6.45) is -6.85. The van der Waals surface area contributed by atoms with Crippen molar-refractivity contribution in [3.8, 4) is 6.07 Å². The number of halogens is 5. The van der Waals surface area contributed by atoms with Crippen LogP contribution in [0.4, 0.5) is 27.8 Å². The Morgan fingerprint density at radius 2 is 2.03 bits per heavy atom. The SMILES string of the molecule is C[C@]1(c2nc(NC(=O)c3ccc(C#N)cn3)ccc2F)OC(N)=N[C@@H](C(F)(F)F)[C@H]1F. The fourth-order valence-corrected chi connectivity index (χ4v) is 2.86. The second-order valence-electron chi connectivity index (χ2n) is 6.59. The molecular formula is C18H13F5N6O2. The average Bonchev–Trinajstić information content (AvgIpc) is 2.71. The van der Waals surface area contributed by atoms with Crippen molar-refractivity contribution in [1.82, 2.24) is 9.97 Å². The van der Waals surface area contributed by atoms with Gasteiger partial charge in [-0.3, -0.25) is 4.79 Å². The molecule has 1 aliphatic rings. The number of aromatic nitrogens is 2. The first-order chi connectivity index (χ1) is 14.5. The monoisotopic (exact) mass is 440 g/mol. The summed E-state index contributed by atoms with van der Waals surface area (Å²) < 4.78 is 73.7. The highest BCUT2D eigenvalue weighted by molar-refractivity contribution is 6.02. The molecule has 0 unspecified atom stereocenters. The Kier molecular flexibility index (Phi) is 5.49. The van der Waals surface area contributed by atoms with Crippen molar-refractivity contribution in [2.24, 2.45) is 10.7 Å². The molecule has 0 saturated carbocycles. The highest BCUT2D eigenvalue weighted by Crippen LogP contribution is 2.42. The van der Waals surface area contributed by atoms with Gasteiger partial charge < -0.3 is 15.8 Å². The normalized spacial score (nSPS) is 23.3. The molecule has 0 fully saturated rings. The summed E-state index contributed by atoms with van der Waals surface area (Å²) in [5, 5.41) is 11.0. The number of carbonyl (C=O) groups excluding carboxylic acids is 1. The van der Waals surface area contributed by atoms with Gasteiger partial charge in [0.05, 0.1) is 5.56 Å². The first kappa shape index (κ1) is 21.9. The van der Waals surface area contributed by atoms with E-state index in [1.165, 1.54) is 12.1 Å². The van der Waals surface area contributed by atoms with Crippen molar-refractivity contribution in [3.63, 3.8) is 0 Å². The van der Waals surface area contributed by atoms with Crippen LogP contribution in [0.3, 0.4) is 0 Å². The molecule has 0 saturated heterocycles. The number of alkyl halides is 4. The number of hydrogen-bond donors (Lipinski definition) is 2. The zero-order valence-electron chi connectivity index (χ0n) is 15.6. The summed E-state index contributed by atoms with van der Waals surface area (Å²) in [6, 6.07) is 2.29. The smallest absolute Gasteiger partial charge is 0.413 e. The van der Waals surface area contributed by atoms with E-state index in [1.807, 2.05) is 6.07 Å². The highest BCUT2D eigenvalue weighted by Gasteiger charge is 2.58. The predicted octanol–water partition coefficient (Wildman–Crippen LogP) is 2.57. The van der Waals surface area contributed by atoms with Gasteiger partial charge in [-0.2, -0.15) is 18.4 Å². The second-order valence-corrected chi connectivity index (χ2v) is 6.59. The summed E-state index contributed by atoms with van der Waals surface area (Å²) >= 11 is 0. The van der Waals surface area contributed by atoms with Crippen molar-refractivity contribution in [2.75, 3.05) is 5.32 Å². The van der Waals surface area contributed by atoms with Crippen LogP contribution in [0.15, 0.2) is 35.5 Å². The topological polar surface area (TPSA) is 126 Å². The van der Waals surface area contributed by atoms with Gasteiger partial charge in [-0.05, 0) is 31.2 Å². The number of pyridine rings is 2. The van der Waals surface area contributed by atoms with Crippen LogP contribution in [0.1, 0.15) is 28.7 Å². The van der Waals surface area contributed by atoms with Gasteiger partial charge in [-0.1, -0.05) is 0 Å². The predicted molar refractivity (Wildman–Crippen MR) is 95.9 cm³/mol. The lowest BCUT2D eigenvalue weighted by atomic mass is 9.89. The van der Waals surface area contributed by atoms with Crippen molar-refractivity contribution in [2.45, 2.75) is 30.9 Å². The number of aliphatic imine (C=N–C) groups is 1. The largest absolute Gasteiger partial charge is 0.449 e. The lowest BCUT2D eigenvalue weighted by Crippen LogP contribution is -2.55. The Morgan fingerprint density at radius 1 is 1.32 bits per heavy atom. The van der Waals surface area contributed by atoms with E-state index in [0.717, 1.165) is 25.3 Å². The number of ether oxygens (including phenoxy) is 1. The van der Waals surface area contributed by atoms with Crippen LogP contribution in [-0.4, -0.2) is 40.3 Å². The van der Waals surface area contributed by atoms with Crippen LogP contribution in [0.25, 0.3) is 0 Å². The number of carbonyl (C=O) groups is 1. The van der Waals surface area contributed by atoms with Crippen LogP contribution >= 0.6 is 0 Å². The average molecular weight is 440 g/mol. The molecule has 0 aromatic carbocycles.